The second kappa shape index (κ2) is 3.20. The number of hydrogen-bond donors (Lipinski definition) is 1. The van der Waals surface area contributed by atoms with Crippen LogP contribution in [0.2, 0.25) is 0 Å². The summed E-state index contributed by atoms with van der Waals surface area (Å²) in [6.07, 6.45) is 2.31. The zero-order valence-corrected chi connectivity index (χ0v) is 9.66. The van der Waals surface area contributed by atoms with Crippen LogP contribution in [0, 0.1) is 0 Å². The van der Waals surface area contributed by atoms with Crippen LogP contribution in [0.3, 0.4) is 0 Å². The molecule has 0 atom stereocenters. The van der Waals surface area contributed by atoms with Crippen LogP contribution in [-0.2, 0) is 0 Å². The molecule has 0 radical (unpaired) electrons. The fourth-order valence-electron chi connectivity index (χ4n) is 1.81. The summed E-state index contributed by atoms with van der Waals surface area (Å²) in [6, 6.07) is 7.73. The smallest absolute Gasteiger partial charge is 0.138 e. The molecule has 15 heavy (non-hydrogen) atoms. The number of nitrogens with zero attached hydrogens (tertiary/aromatic N) is 1. The second-order valence-corrected chi connectivity index (χ2v) is 4.92. The van der Waals surface area contributed by atoms with Gasteiger partial charge >= 0.3 is 0 Å². The van der Waals surface area contributed by atoms with Gasteiger partial charge in [-0.05, 0) is 37.1 Å². The van der Waals surface area contributed by atoms with E-state index in [-0.39, 0.29) is 0 Å². The molecule has 0 aliphatic heterocycles. The fraction of sp³-hybridized carbons (Fsp3) is 0.250. The van der Waals surface area contributed by atoms with Crippen LogP contribution in [0.15, 0.2) is 28.7 Å². The molecule has 1 heterocycles. The molecule has 0 spiro atoms. The maximum atomic E-state index is 9.83. The first-order valence-corrected chi connectivity index (χ1v) is 5.82. The highest BCUT2D eigenvalue weighted by Crippen LogP contribution is 2.43. The summed E-state index contributed by atoms with van der Waals surface area (Å²) < 4.78 is 1.01. The van der Waals surface area contributed by atoms with Gasteiger partial charge in [0.25, 0.3) is 0 Å². The molecule has 1 N–H and O–H groups in total. The summed E-state index contributed by atoms with van der Waals surface area (Å²) >= 11 is 3.41. The highest BCUT2D eigenvalue weighted by Gasteiger charge is 2.28. The Balaban J connectivity index is 2.25. The topological polar surface area (TPSA) is 33.1 Å². The average molecular weight is 264 g/mol. The number of aromatic hydroxyl groups is 1. The van der Waals surface area contributed by atoms with E-state index in [0.29, 0.717) is 11.7 Å². The van der Waals surface area contributed by atoms with E-state index >= 15 is 0 Å². The van der Waals surface area contributed by atoms with Crippen LogP contribution >= 0.6 is 15.9 Å². The van der Waals surface area contributed by atoms with Crippen LogP contribution in [0.5, 0.6) is 5.75 Å². The van der Waals surface area contributed by atoms with Crippen molar-refractivity contribution in [2.45, 2.75) is 18.8 Å². The molecule has 3 heteroatoms. The zero-order valence-electron chi connectivity index (χ0n) is 8.07. The molecule has 76 valence electrons. The van der Waals surface area contributed by atoms with Crippen molar-refractivity contribution in [2.24, 2.45) is 0 Å². The minimum atomic E-state index is 0.336. The van der Waals surface area contributed by atoms with Crippen molar-refractivity contribution in [1.82, 2.24) is 4.98 Å². The largest absolute Gasteiger partial charge is 0.506 e. The van der Waals surface area contributed by atoms with Gasteiger partial charge in [0.05, 0.1) is 11.2 Å². The number of rotatable bonds is 1. The van der Waals surface area contributed by atoms with Crippen molar-refractivity contribution in [3.8, 4) is 5.75 Å². The van der Waals surface area contributed by atoms with Crippen LogP contribution in [0.4, 0.5) is 0 Å². The highest BCUT2D eigenvalue weighted by atomic mass is 79.9. The summed E-state index contributed by atoms with van der Waals surface area (Å²) in [4.78, 5) is 4.51. The summed E-state index contributed by atoms with van der Waals surface area (Å²) in [5.41, 5.74) is 1.82. The van der Waals surface area contributed by atoms with Crippen LogP contribution in [-0.4, -0.2) is 10.1 Å². The lowest BCUT2D eigenvalue weighted by atomic mass is 10.1. The van der Waals surface area contributed by atoms with Crippen molar-refractivity contribution >= 4 is 26.8 Å². The number of pyridine rings is 1. The SMILES string of the molecule is Oc1cc2cc(Br)ccc2nc1C1CC1. The van der Waals surface area contributed by atoms with Gasteiger partial charge < -0.3 is 5.11 Å². The van der Waals surface area contributed by atoms with E-state index in [2.05, 4.69) is 20.9 Å². The van der Waals surface area contributed by atoms with Crippen LogP contribution in [0.1, 0.15) is 24.5 Å². The third-order valence-electron chi connectivity index (χ3n) is 2.75. The molecule has 1 aliphatic rings. The number of halogens is 1. The Morgan fingerprint density at radius 1 is 1.27 bits per heavy atom. The summed E-state index contributed by atoms with van der Waals surface area (Å²) in [5, 5.41) is 10.8. The van der Waals surface area contributed by atoms with Crippen LogP contribution < -0.4 is 0 Å². The number of hydrogen-bond acceptors (Lipinski definition) is 2. The van der Waals surface area contributed by atoms with Gasteiger partial charge in [0, 0.05) is 15.8 Å². The van der Waals surface area contributed by atoms with Gasteiger partial charge in [0.15, 0.2) is 0 Å². The molecule has 1 aliphatic carbocycles. The van der Waals surface area contributed by atoms with E-state index in [4.69, 9.17) is 0 Å². The van der Waals surface area contributed by atoms with E-state index in [9.17, 15) is 5.11 Å². The van der Waals surface area contributed by atoms with E-state index in [1.807, 2.05) is 18.2 Å². The Kier molecular flexibility index (Phi) is 1.96. The first kappa shape index (κ1) is 9.16. The first-order chi connectivity index (χ1) is 7.24. The van der Waals surface area contributed by atoms with E-state index in [0.717, 1.165) is 33.9 Å². The third kappa shape index (κ3) is 1.61. The zero-order chi connectivity index (χ0) is 10.4. The van der Waals surface area contributed by atoms with Crippen molar-refractivity contribution in [3.63, 3.8) is 0 Å². The molecule has 1 fully saturated rings. The lowest BCUT2D eigenvalue weighted by Crippen LogP contribution is -1.88. The maximum Gasteiger partial charge on any atom is 0.138 e. The standard InChI is InChI=1S/C12H10BrNO/c13-9-3-4-10-8(5-9)6-11(15)12(14-10)7-1-2-7/h3-7,15H,1-2H2. The summed E-state index contributed by atoms with van der Waals surface area (Å²) in [7, 11) is 0. The van der Waals surface area contributed by atoms with Gasteiger partial charge in [-0.25, -0.2) is 4.98 Å². The molecule has 3 rings (SSSR count). The fourth-order valence-corrected chi connectivity index (χ4v) is 2.19. The van der Waals surface area contributed by atoms with Gasteiger partial charge in [-0.2, -0.15) is 0 Å². The Morgan fingerprint density at radius 2 is 2.07 bits per heavy atom. The predicted octanol–water partition coefficient (Wildman–Crippen LogP) is 3.58. The van der Waals surface area contributed by atoms with Gasteiger partial charge in [-0.3, -0.25) is 0 Å². The average Bonchev–Trinajstić information content (AvgIpc) is 3.00. The van der Waals surface area contributed by atoms with Gasteiger partial charge in [-0.1, -0.05) is 15.9 Å². The van der Waals surface area contributed by atoms with Crippen molar-refractivity contribution in [1.29, 1.82) is 0 Å². The molecule has 1 aromatic carbocycles. The van der Waals surface area contributed by atoms with Crippen molar-refractivity contribution < 1.29 is 5.11 Å². The molecule has 2 aromatic rings. The Labute approximate surface area is 96.1 Å². The first-order valence-electron chi connectivity index (χ1n) is 5.03. The Morgan fingerprint density at radius 3 is 2.80 bits per heavy atom. The van der Waals surface area contributed by atoms with Gasteiger partial charge in [-0.15, -0.1) is 0 Å². The normalized spacial score (nSPS) is 15.8. The van der Waals surface area contributed by atoms with Crippen LogP contribution in [0.25, 0.3) is 10.9 Å². The van der Waals surface area contributed by atoms with E-state index < -0.39 is 0 Å². The Hall–Kier alpha value is -1.09. The van der Waals surface area contributed by atoms with Crippen molar-refractivity contribution in [3.05, 3.63) is 34.4 Å². The monoisotopic (exact) mass is 263 g/mol. The number of aromatic nitrogens is 1. The molecule has 0 amide bonds. The third-order valence-corrected chi connectivity index (χ3v) is 3.24. The molecule has 0 unspecified atom stereocenters. The quantitative estimate of drug-likeness (QED) is 0.853. The lowest BCUT2D eigenvalue weighted by Gasteiger charge is -2.04. The highest BCUT2D eigenvalue weighted by molar-refractivity contribution is 9.10. The lowest BCUT2D eigenvalue weighted by molar-refractivity contribution is 0.465. The minimum Gasteiger partial charge on any atom is -0.506 e. The second-order valence-electron chi connectivity index (χ2n) is 4.00. The Bertz CT molecular complexity index is 534. The predicted molar refractivity (Wildman–Crippen MR) is 63.1 cm³/mol. The molecule has 2 nitrogen and oxygen atoms in total. The summed E-state index contributed by atoms with van der Waals surface area (Å²) in [6.45, 7) is 0. The molecule has 0 bridgehead atoms. The molecule has 1 saturated carbocycles. The van der Waals surface area contributed by atoms with E-state index in [1.165, 1.54) is 0 Å². The minimum absolute atomic E-state index is 0.336. The van der Waals surface area contributed by atoms with Gasteiger partial charge in [0.1, 0.15) is 5.75 Å². The molecular formula is C12H10BrNO. The maximum absolute atomic E-state index is 9.83. The summed E-state index contributed by atoms with van der Waals surface area (Å²) in [5.74, 6) is 0.821. The van der Waals surface area contributed by atoms with E-state index in [1.54, 1.807) is 6.07 Å². The van der Waals surface area contributed by atoms with Crippen molar-refractivity contribution in [2.75, 3.05) is 0 Å². The van der Waals surface area contributed by atoms with Gasteiger partial charge in [0.2, 0.25) is 0 Å². The number of benzene rings is 1. The number of fused-ring (bicyclic) bond motifs is 1. The molecular weight excluding hydrogens is 254 g/mol. The molecule has 0 saturated heterocycles. The molecule has 1 aromatic heterocycles.